The van der Waals surface area contributed by atoms with Crippen LogP contribution in [0.4, 0.5) is 0 Å². The van der Waals surface area contributed by atoms with Gasteiger partial charge >= 0.3 is 0 Å². The van der Waals surface area contributed by atoms with Crippen LogP contribution in [0, 0.1) is 6.92 Å². The second kappa shape index (κ2) is 2.59. The molecule has 1 aliphatic heterocycles. The predicted octanol–water partition coefficient (Wildman–Crippen LogP) is 0.691. The minimum absolute atomic E-state index is 0.629. The van der Waals surface area contributed by atoms with E-state index in [0.29, 0.717) is 11.4 Å². The van der Waals surface area contributed by atoms with Crippen LogP contribution in [0.15, 0.2) is 21.2 Å². The molecule has 62 valence electrons. The van der Waals surface area contributed by atoms with Crippen LogP contribution in [-0.4, -0.2) is 4.98 Å². The Labute approximate surface area is 70.1 Å². The third-order valence-electron chi connectivity index (χ3n) is 1.76. The van der Waals surface area contributed by atoms with Crippen LogP contribution in [0.3, 0.4) is 0 Å². The Morgan fingerprint density at radius 2 is 2.25 bits per heavy atom. The first-order chi connectivity index (χ1) is 5.75. The summed E-state index contributed by atoms with van der Waals surface area (Å²) < 4.78 is 5.28. The highest BCUT2D eigenvalue weighted by Crippen LogP contribution is 2.01. The van der Waals surface area contributed by atoms with Gasteiger partial charge in [0.2, 0.25) is 5.55 Å². The Bertz CT molecular complexity index is 440. The van der Waals surface area contributed by atoms with Gasteiger partial charge in [0.1, 0.15) is 5.35 Å². The molecule has 0 fully saturated rings. The van der Waals surface area contributed by atoms with Gasteiger partial charge in [0, 0.05) is 13.1 Å². The zero-order chi connectivity index (χ0) is 8.55. The van der Waals surface area contributed by atoms with Crippen molar-refractivity contribution in [3.05, 3.63) is 28.6 Å². The van der Waals surface area contributed by atoms with E-state index < -0.39 is 0 Å². The molecule has 1 aromatic rings. The molecular weight excluding hydrogens is 152 g/mol. The third kappa shape index (κ3) is 1.18. The summed E-state index contributed by atoms with van der Waals surface area (Å²) >= 11 is 0. The standard InChI is InChI=1S/C9H10N2O/c1-6-3-4-8-9(10-5-6)12-7(2)11-8/h4-5H,3H2,1-2H3. The average Bonchev–Trinajstić information content (AvgIpc) is 2.31. The maximum Gasteiger partial charge on any atom is 0.246 e. The van der Waals surface area contributed by atoms with E-state index in [1.807, 2.05) is 26.1 Å². The highest BCUT2D eigenvalue weighted by Gasteiger charge is 1.99. The van der Waals surface area contributed by atoms with Crippen LogP contribution >= 0.6 is 0 Å². The summed E-state index contributed by atoms with van der Waals surface area (Å²) in [4.78, 5) is 8.36. The molecule has 0 saturated heterocycles. The lowest BCUT2D eigenvalue weighted by Crippen LogP contribution is -2.21. The van der Waals surface area contributed by atoms with Crippen molar-refractivity contribution in [1.29, 1.82) is 0 Å². The Hall–Kier alpha value is -1.38. The van der Waals surface area contributed by atoms with Crippen LogP contribution in [0.1, 0.15) is 19.2 Å². The monoisotopic (exact) mass is 162 g/mol. The molecule has 2 heterocycles. The van der Waals surface area contributed by atoms with E-state index in [9.17, 15) is 0 Å². The van der Waals surface area contributed by atoms with Crippen molar-refractivity contribution in [2.24, 2.45) is 4.99 Å². The van der Waals surface area contributed by atoms with Crippen LogP contribution in [0.2, 0.25) is 0 Å². The van der Waals surface area contributed by atoms with Gasteiger partial charge in [0.25, 0.3) is 0 Å². The molecule has 2 rings (SSSR count). The predicted molar refractivity (Wildman–Crippen MR) is 44.9 cm³/mol. The number of nitrogens with zero attached hydrogens (tertiary/aromatic N) is 2. The summed E-state index contributed by atoms with van der Waals surface area (Å²) in [6, 6.07) is 0. The Kier molecular flexibility index (Phi) is 1.57. The van der Waals surface area contributed by atoms with E-state index in [4.69, 9.17) is 4.42 Å². The average molecular weight is 162 g/mol. The number of oxazole rings is 1. The van der Waals surface area contributed by atoms with Crippen LogP contribution in [0.5, 0.6) is 0 Å². The maximum atomic E-state index is 5.28. The first-order valence-electron chi connectivity index (χ1n) is 3.93. The van der Waals surface area contributed by atoms with Gasteiger partial charge < -0.3 is 4.42 Å². The molecule has 0 aliphatic carbocycles. The van der Waals surface area contributed by atoms with Crippen molar-refractivity contribution in [2.45, 2.75) is 20.3 Å². The molecule has 3 heteroatoms. The summed E-state index contributed by atoms with van der Waals surface area (Å²) in [5.41, 5.74) is 1.85. The van der Waals surface area contributed by atoms with Crippen LogP contribution in [0.25, 0.3) is 6.08 Å². The highest BCUT2D eigenvalue weighted by atomic mass is 16.4. The van der Waals surface area contributed by atoms with E-state index >= 15 is 0 Å². The lowest BCUT2D eigenvalue weighted by atomic mass is 10.2. The van der Waals surface area contributed by atoms with E-state index in [1.54, 1.807) is 0 Å². The van der Waals surface area contributed by atoms with Crippen molar-refractivity contribution in [2.75, 3.05) is 0 Å². The minimum atomic E-state index is 0.629. The largest absolute Gasteiger partial charge is 0.423 e. The zero-order valence-corrected chi connectivity index (χ0v) is 7.16. The molecule has 0 bridgehead atoms. The van der Waals surface area contributed by atoms with Crippen molar-refractivity contribution >= 4 is 6.08 Å². The SMILES string of the molecule is CC1=CN=c2oc(C)nc2=CC1. The van der Waals surface area contributed by atoms with Gasteiger partial charge in [-0.2, -0.15) is 0 Å². The number of fused-ring (bicyclic) bond motifs is 1. The first-order valence-corrected chi connectivity index (χ1v) is 3.93. The van der Waals surface area contributed by atoms with Gasteiger partial charge in [-0.1, -0.05) is 5.57 Å². The summed E-state index contributed by atoms with van der Waals surface area (Å²) in [6.07, 6.45) is 4.77. The summed E-state index contributed by atoms with van der Waals surface area (Å²) in [5.74, 6) is 0.674. The number of aryl methyl sites for hydroxylation is 1. The van der Waals surface area contributed by atoms with Crippen LogP contribution in [-0.2, 0) is 0 Å². The molecule has 0 aromatic carbocycles. The summed E-state index contributed by atoms with van der Waals surface area (Å²) in [6.45, 7) is 3.87. The van der Waals surface area contributed by atoms with Crippen molar-refractivity contribution in [3.8, 4) is 0 Å². The molecule has 0 saturated carbocycles. The molecule has 1 aromatic heterocycles. The zero-order valence-electron chi connectivity index (χ0n) is 7.16. The molecule has 1 aliphatic rings. The Morgan fingerprint density at radius 1 is 1.42 bits per heavy atom. The van der Waals surface area contributed by atoms with Gasteiger partial charge in [-0.25, -0.2) is 9.98 Å². The smallest absolute Gasteiger partial charge is 0.246 e. The molecule has 0 unspecified atom stereocenters. The maximum absolute atomic E-state index is 5.28. The molecule has 0 amide bonds. The summed E-state index contributed by atoms with van der Waals surface area (Å²) in [5, 5.41) is 0.862. The number of aromatic nitrogens is 1. The van der Waals surface area contributed by atoms with E-state index in [0.717, 1.165) is 11.8 Å². The van der Waals surface area contributed by atoms with Crippen LogP contribution < -0.4 is 10.9 Å². The van der Waals surface area contributed by atoms with Crippen molar-refractivity contribution in [3.63, 3.8) is 0 Å². The molecular formula is C9H10N2O. The summed E-state index contributed by atoms with van der Waals surface area (Å²) in [7, 11) is 0. The van der Waals surface area contributed by atoms with Crippen molar-refractivity contribution < 1.29 is 4.42 Å². The highest BCUT2D eigenvalue weighted by molar-refractivity contribution is 5.26. The first kappa shape index (κ1) is 7.28. The molecule has 0 radical (unpaired) electrons. The van der Waals surface area contributed by atoms with Gasteiger partial charge in [-0.3, -0.25) is 0 Å². The fourth-order valence-electron chi connectivity index (χ4n) is 1.14. The van der Waals surface area contributed by atoms with Gasteiger partial charge in [0.05, 0.1) is 0 Å². The molecule has 0 N–H and O–H groups in total. The number of allylic oxidation sites excluding steroid dienone is 1. The quantitative estimate of drug-likeness (QED) is 0.563. The molecule has 3 nitrogen and oxygen atoms in total. The van der Waals surface area contributed by atoms with E-state index in [-0.39, 0.29) is 0 Å². The van der Waals surface area contributed by atoms with E-state index in [2.05, 4.69) is 9.98 Å². The minimum Gasteiger partial charge on any atom is -0.423 e. The lowest BCUT2D eigenvalue weighted by molar-refractivity contribution is 0.476. The topological polar surface area (TPSA) is 38.4 Å². The third-order valence-corrected chi connectivity index (χ3v) is 1.76. The van der Waals surface area contributed by atoms with Gasteiger partial charge in [0.15, 0.2) is 5.89 Å². The van der Waals surface area contributed by atoms with Gasteiger partial charge in [-0.05, 0) is 19.4 Å². The number of rotatable bonds is 0. The second-order valence-corrected chi connectivity index (χ2v) is 2.94. The number of hydrogen-bond donors (Lipinski definition) is 0. The lowest BCUT2D eigenvalue weighted by Gasteiger charge is -1.86. The number of hydrogen-bond acceptors (Lipinski definition) is 3. The fourth-order valence-corrected chi connectivity index (χ4v) is 1.14. The Morgan fingerprint density at radius 3 is 3.08 bits per heavy atom. The van der Waals surface area contributed by atoms with E-state index in [1.165, 1.54) is 5.57 Å². The fraction of sp³-hybridized carbons (Fsp3) is 0.333. The molecule has 0 atom stereocenters. The van der Waals surface area contributed by atoms with Crippen molar-refractivity contribution in [1.82, 2.24) is 4.98 Å². The molecule has 0 spiro atoms. The molecule has 12 heavy (non-hydrogen) atoms. The normalized spacial score (nSPS) is 15.3. The second-order valence-electron chi connectivity index (χ2n) is 2.94. The van der Waals surface area contributed by atoms with Gasteiger partial charge in [-0.15, -0.1) is 0 Å². The Balaban J connectivity index is 2.70.